The summed E-state index contributed by atoms with van der Waals surface area (Å²) in [6.45, 7) is 6.03. The Labute approximate surface area is 182 Å². The van der Waals surface area contributed by atoms with Crippen molar-refractivity contribution in [3.8, 4) is 11.3 Å². The van der Waals surface area contributed by atoms with Gasteiger partial charge in [0.25, 0.3) is 0 Å². The van der Waals surface area contributed by atoms with Crippen LogP contribution in [0.1, 0.15) is 50.8 Å². The minimum Gasteiger partial charge on any atom is -0.444 e. The van der Waals surface area contributed by atoms with Crippen molar-refractivity contribution < 1.29 is 19.1 Å². The van der Waals surface area contributed by atoms with Crippen molar-refractivity contribution in [3.05, 3.63) is 78.3 Å². The third-order valence-electron chi connectivity index (χ3n) is 5.87. The van der Waals surface area contributed by atoms with Crippen molar-refractivity contribution in [1.29, 1.82) is 0 Å². The molecule has 0 saturated carbocycles. The van der Waals surface area contributed by atoms with E-state index in [0.29, 0.717) is 25.1 Å². The lowest BCUT2D eigenvalue weighted by atomic mass is 9.80. The number of oxazole rings is 1. The maximum absolute atomic E-state index is 13.1. The number of carbonyl (C=O) groups excluding carboxylic acids is 1. The maximum atomic E-state index is 13.1. The lowest BCUT2D eigenvalue weighted by Crippen LogP contribution is -2.51. The van der Waals surface area contributed by atoms with Gasteiger partial charge in [0.05, 0.1) is 17.8 Å². The van der Waals surface area contributed by atoms with Crippen molar-refractivity contribution in [3.63, 3.8) is 0 Å². The normalized spacial score (nSPS) is 20.4. The van der Waals surface area contributed by atoms with Gasteiger partial charge in [0.1, 0.15) is 5.60 Å². The standard InChI is InChI=1S/C25H28N2O4/c1-18(19-9-11-20(12-10-19)22-15-26-17-30-22)27-14-13-25(31-23(27)28,16-24(2,3)29)21-7-5-4-6-8-21/h4-12,15,17-18,29H,13-14,16H2,1-3H3/t18-,25-/m0/s1. The van der Waals surface area contributed by atoms with Gasteiger partial charge in [-0.3, -0.25) is 0 Å². The zero-order valence-electron chi connectivity index (χ0n) is 18.1. The number of carbonyl (C=O) groups is 1. The van der Waals surface area contributed by atoms with Gasteiger partial charge in [0, 0.05) is 24.9 Å². The van der Waals surface area contributed by atoms with Gasteiger partial charge in [-0.15, -0.1) is 0 Å². The largest absolute Gasteiger partial charge is 0.444 e. The van der Waals surface area contributed by atoms with E-state index in [-0.39, 0.29) is 12.1 Å². The molecule has 0 bridgehead atoms. The minimum absolute atomic E-state index is 0.146. The molecule has 31 heavy (non-hydrogen) atoms. The van der Waals surface area contributed by atoms with Crippen molar-refractivity contribution in [1.82, 2.24) is 9.88 Å². The molecule has 0 radical (unpaired) electrons. The molecule has 2 heterocycles. The maximum Gasteiger partial charge on any atom is 0.411 e. The summed E-state index contributed by atoms with van der Waals surface area (Å²) in [5.41, 5.74) is 1.04. The second-order valence-corrected chi connectivity index (χ2v) is 8.82. The number of ether oxygens (including phenoxy) is 1. The third kappa shape index (κ3) is 4.49. The van der Waals surface area contributed by atoms with Crippen LogP contribution >= 0.6 is 0 Å². The molecule has 6 heteroatoms. The lowest BCUT2D eigenvalue weighted by Gasteiger charge is -2.45. The number of nitrogens with zero attached hydrogens (tertiary/aromatic N) is 2. The van der Waals surface area contributed by atoms with E-state index in [1.807, 2.05) is 61.5 Å². The summed E-state index contributed by atoms with van der Waals surface area (Å²) >= 11 is 0. The van der Waals surface area contributed by atoms with Crippen LogP contribution in [0.3, 0.4) is 0 Å². The molecule has 0 unspecified atom stereocenters. The van der Waals surface area contributed by atoms with E-state index < -0.39 is 11.2 Å². The fourth-order valence-corrected chi connectivity index (χ4v) is 4.36. The predicted molar refractivity (Wildman–Crippen MR) is 117 cm³/mol. The summed E-state index contributed by atoms with van der Waals surface area (Å²) in [4.78, 5) is 18.8. The predicted octanol–water partition coefficient (Wildman–Crippen LogP) is 5.30. The monoisotopic (exact) mass is 420 g/mol. The van der Waals surface area contributed by atoms with Crippen molar-refractivity contribution in [2.75, 3.05) is 6.54 Å². The third-order valence-corrected chi connectivity index (χ3v) is 5.87. The van der Waals surface area contributed by atoms with Crippen LogP contribution in [0.2, 0.25) is 0 Å². The lowest BCUT2D eigenvalue weighted by molar-refractivity contribution is -0.101. The van der Waals surface area contributed by atoms with Crippen molar-refractivity contribution >= 4 is 6.09 Å². The van der Waals surface area contributed by atoms with Gasteiger partial charge >= 0.3 is 6.09 Å². The van der Waals surface area contributed by atoms with Crippen LogP contribution in [0.5, 0.6) is 0 Å². The first-order valence-corrected chi connectivity index (χ1v) is 10.5. The Morgan fingerprint density at radius 2 is 1.87 bits per heavy atom. The SMILES string of the molecule is C[C@@H](c1ccc(-c2cnco2)cc1)N1CC[C@](CC(C)(C)O)(c2ccccc2)OC1=O. The fourth-order valence-electron chi connectivity index (χ4n) is 4.36. The molecule has 1 aromatic heterocycles. The summed E-state index contributed by atoms with van der Waals surface area (Å²) in [6, 6.07) is 17.5. The molecule has 2 atom stereocenters. The van der Waals surface area contributed by atoms with E-state index in [0.717, 1.165) is 16.7 Å². The average molecular weight is 421 g/mol. The first kappa shape index (κ1) is 21.1. The Kier molecular flexibility index (Phi) is 5.58. The summed E-state index contributed by atoms with van der Waals surface area (Å²) in [5.74, 6) is 0.704. The smallest absolute Gasteiger partial charge is 0.411 e. The number of amides is 1. The molecule has 0 spiro atoms. The molecule has 1 aliphatic heterocycles. The van der Waals surface area contributed by atoms with Gasteiger partial charge in [-0.25, -0.2) is 9.78 Å². The number of hydrogen-bond acceptors (Lipinski definition) is 5. The highest BCUT2D eigenvalue weighted by Crippen LogP contribution is 2.42. The summed E-state index contributed by atoms with van der Waals surface area (Å²) in [7, 11) is 0. The van der Waals surface area contributed by atoms with Crippen LogP contribution in [0, 0.1) is 0 Å². The van der Waals surface area contributed by atoms with Crippen molar-refractivity contribution in [2.45, 2.75) is 50.9 Å². The Bertz CT molecular complexity index is 1010. The van der Waals surface area contributed by atoms with Crippen LogP contribution in [0.25, 0.3) is 11.3 Å². The van der Waals surface area contributed by atoms with E-state index >= 15 is 0 Å². The van der Waals surface area contributed by atoms with Crippen LogP contribution in [0.4, 0.5) is 4.79 Å². The Morgan fingerprint density at radius 3 is 2.45 bits per heavy atom. The molecule has 4 rings (SSSR count). The molecule has 3 aromatic rings. The second kappa shape index (κ2) is 8.19. The van der Waals surface area contributed by atoms with E-state index in [9.17, 15) is 9.90 Å². The molecule has 1 aliphatic rings. The summed E-state index contributed by atoms with van der Waals surface area (Å²) in [6.07, 6.45) is 3.65. The molecule has 2 aromatic carbocycles. The minimum atomic E-state index is -0.972. The van der Waals surface area contributed by atoms with Gasteiger partial charge in [0.2, 0.25) is 0 Å². The van der Waals surface area contributed by atoms with Crippen molar-refractivity contribution in [2.24, 2.45) is 0 Å². The van der Waals surface area contributed by atoms with Crippen LogP contribution in [-0.2, 0) is 10.3 Å². The molecule has 1 amide bonds. The zero-order chi connectivity index (χ0) is 22.1. The summed E-state index contributed by atoms with van der Waals surface area (Å²) < 4.78 is 11.4. The quantitative estimate of drug-likeness (QED) is 0.585. The highest BCUT2D eigenvalue weighted by Gasteiger charge is 2.46. The molecule has 6 nitrogen and oxygen atoms in total. The van der Waals surface area contributed by atoms with E-state index in [4.69, 9.17) is 9.15 Å². The first-order chi connectivity index (χ1) is 14.8. The molecular weight excluding hydrogens is 392 g/mol. The number of aromatic nitrogens is 1. The zero-order valence-corrected chi connectivity index (χ0v) is 18.1. The summed E-state index contributed by atoms with van der Waals surface area (Å²) in [5, 5.41) is 10.5. The fraction of sp³-hybridized carbons (Fsp3) is 0.360. The number of cyclic esters (lactones) is 1. The van der Waals surface area contributed by atoms with Crippen LogP contribution in [0.15, 0.2) is 71.6 Å². The van der Waals surface area contributed by atoms with Gasteiger partial charge in [-0.2, -0.15) is 0 Å². The van der Waals surface area contributed by atoms with E-state index in [1.54, 1.807) is 24.9 Å². The van der Waals surface area contributed by atoms with Gasteiger partial charge in [0.15, 0.2) is 12.2 Å². The van der Waals surface area contributed by atoms with Gasteiger partial charge < -0.3 is 19.2 Å². The molecule has 162 valence electrons. The Balaban J connectivity index is 1.54. The van der Waals surface area contributed by atoms with Crippen LogP contribution < -0.4 is 0 Å². The van der Waals surface area contributed by atoms with E-state index in [1.165, 1.54) is 6.39 Å². The highest BCUT2D eigenvalue weighted by atomic mass is 16.6. The highest BCUT2D eigenvalue weighted by molar-refractivity contribution is 5.70. The first-order valence-electron chi connectivity index (χ1n) is 10.5. The number of aliphatic hydroxyl groups is 1. The molecule has 1 fully saturated rings. The average Bonchev–Trinajstić information content (AvgIpc) is 3.28. The second-order valence-electron chi connectivity index (χ2n) is 8.82. The number of rotatable bonds is 6. The topological polar surface area (TPSA) is 75.8 Å². The Morgan fingerprint density at radius 1 is 1.16 bits per heavy atom. The molecule has 1 N–H and O–H groups in total. The van der Waals surface area contributed by atoms with E-state index in [2.05, 4.69) is 4.98 Å². The molecule has 0 aliphatic carbocycles. The van der Waals surface area contributed by atoms with Crippen LogP contribution in [-0.4, -0.2) is 33.2 Å². The van der Waals surface area contributed by atoms with Gasteiger partial charge in [-0.1, -0.05) is 54.6 Å². The Hall–Kier alpha value is -3.12. The molecular formula is C25H28N2O4. The molecule has 1 saturated heterocycles. The number of benzene rings is 2. The van der Waals surface area contributed by atoms with Gasteiger partial charge in [-0.05, 0) is 31.9 Å². The number of hydrogen-bond donors (Lipinski definition) is 1.